The topological polar surface area (TPSA) is 119 Å². The Labute approximate surface area is 206 Å². The lowest BCUT2D eigenvalue weighted by molar-refractivity contribution is -0.384. The molecule has 0 spiro atoms. The smallest absolute Gasteiger partial charge is 0.271 e. The number of rotatable bonds is 8. The number of carbonyl (C=O) groups excluding carboxylic acids is 1. The van der Waals surface area contributed by atoms with Crippen molar-refractivity contribution in [3.63, 3.8) is 0 Å². The number of amides is 1. The van der Waals surface area contributed by atoms with Crippen LogP contribution in [0, 0.1) is 17.0 Å². The van der Waals surface area contributed by atoms with Gasteiger partial charge in [0, 0.05) is 12.1 Å². The van der Waals surface area contributed by atoms with Crippen LogP contribution in [-0.2, 0) is 14.8 Å². The minimum atomic E-state index is -4.24. The zero-order valence-electron chi connectivity index (χ0n) is 18.0. The summed E-state index contributed by atoms with van der Waals surface area (Å²) in [6.07, 6.45) is 0. The third kappa shape index (κ3) is 5.41. The SMILES string of the molecule is COc1ccc([N+](=O)[O-])cc1NC(=O)CN(c1cccc(Cl)c1Cl)S(=O)(=O)c1ccc(C)cc1. The van der Waals surface area contributed by atoms with Gasteiger partial charge in [0.1, 0.15) is 12.3 Å². The number of aryl methyl sites for hydroxylation is 1. The van der Waals surface area contributed by atoms with Gasteiger partial charge in [0.2, 0.25) is 5.91 Å². The number of nitrogens with zero attached hydrogens (tertiary/aromatic N) is 2. The van der Waals surface area contributed by atoms with Crippen LogP contribution in [0.1, 0.15) is 5.56 Å². The van der Waals surface area contributed by atoms with Crippen molar-refractivity contribution < 1.29 is 22.9 Å². The fraction of sp³-hybridized carbons (Fsp3) is 0.136. The van der Waals surface area contributed by atoms with E-state index in [1.54, 1.807) is 12.1 Å². The molecule has 0 heterocycles. The minimum absolute atomic E-state index is 0.00380. The van der Waals surface area contributed by atoms with E-state index in [1.807, 2.05) is 6.92 Å². The monoisotopic (exact) mass is 523 g/mol. The number of carbonyl (C=O) groups is 1. The van der Waals surface area contributed by atoms with Gasteiger partial charge in [-0.3, -0.25) is 19.2 Å². The molecular formula is C22H19Cl2N3O6S. The standard InChI is InChI=1S/C22H19Cl2N3O6S/c1-14-6-9-16(10-7-14)34(31,32)26(19-5-3-4-17(23)22(19)24)13-21(28)25-18-12-15(27(29)30)8-11-20(18)33-2/h3-12H,13H2,1-2H3,(H,25,28). The number of hydrogen-bond acceptors (Lipinski definition) is 6. The quantitative estimate of drug-likeness (QED) is 0.325. The fourth-order valence-electron chi connectivity index (χ4n) is 3.05. The number of non-ortho nitro benzene ring substituents is 1. The Morgan fingerprint density at radius 2 is 1.79 bits per heavy atom. The highest BCUT2D eigenvalue weighted by atomic mass is 35.5. The van der Waals surface area contributed by atoms with Crippen LogP contribution in [0.3, 0.4) is 0 Å². The maximum Gasteiger partial charge on any atom is 0.271 e. The Bertz CT molecular complexity index is 1350. The van der Waals surface area contributed by atoms with Gasteiger partial charge >= 0.3 is 0 Å². The third-order valence-electron chi connectivity index (χ3n) is 4.76. The Morgan fingerprint density at radius 3 is 2.41 bits per heavy atom. The van der Waals surface area contributed by atoms with E-state index < -0.39 is 27.4 Å². The van der Waals surface area contributed by atoms with E-state index >= 15 is 0 Å². The minimum Gasteiger partial charge on any atom is -0.495 e. The second-order valence-corrected chi connectivity index (χ2v) is 9.74. The lowest BCUT2D eigenvalue weighted by Gasteiger charge is -2.25. The first-order valence-corrected chi connectivity index (χ1v) is 11.9. The number of sulfonamides is 1. The highest BCUT2D eigenvalue weighted by Crippen LogP contribution is 2.36. The number of benzene rings is 3. The predicted octanol–water partition coefficient (Wildman–Crippen LogP) is 5.05. The molecule has 1 N–H and O–H groups in total. The summed E-state index contributed by atoms with van der Waals surface area (Å²) in [6.45, 7) is 1.12. The number of nitro benzene ring substituents is 1. The van der Waals surface area contributed by atoms with Crippen molar-refractivity contribution in [2.75, 3.05) is 23.3 Å². The van der Waals surface area contributed by atoms with Crippen LogP contribution >= 0.6 is 23.2 Å². The molecule has 0 aliphatic rings. The molecule has 0 fully saturated rings. The molecule has 0 aliphatic carbocycles. The molecular weight excluding hydrogens is 505 g/mol. The molecule has 3 aromatic carbocycles. The molecule has 0 bridgehead atoms. The first-order chi connectivity index (χ1) is 16.0. The van der Waals surface area contributed by atoms with Gasteiger partial charge in [0.15, 0.2) is 0 Å². The maximum atomic E-state index is 13.5. The number of methoxy groups -OCH3 is 1. The fourth-order valence-corrected chi connectivity index (χ4v) is 4.93. The predicted molar refractivity (Wildman–Crippen MR) is 130 cm³/mol. The van der Waals surface area contributed by atoms with Crippen molar-refractivity contribution in [1.82, 2.24) is 0 Å². The molecule has 1 amide bonds. The van der Waals surface area contributed by atoms with Crippen molar-refractivity contribution in [1.29, 1.82) is 0 Å². The van der Waals surface area contributed by atoms with Gasteiger partial charge in [-0.05, 0) is 37.3 Å². The molecule has 0 unspecified atom stereocenters. The van der Waals surface area contributed by atoms with Crippen LogP contribution in [0.5, 0.6) is 5.75 Å². The largest absolute Gasteiger partial charge is 0.495 e. The molecule has 0 aliphatic heterocycles. The highest BCUT2D eigenvalue weighted by molar-refractivity contribution is 7.92. The van der Waals surface area contributed by atoms with Crippen LogP contribution < -0.4 is 14.4 Å². The van der Waals surface area contributed by atoms with Crippen LogP contribution in [0.2, 0.25) is 10.0 Å². The molecule has 0 radical (unpaired) electrons. The highest BCUT2D eigenvalue weighted by Gasteiger charge is 2.30. The molecule has 0 atom stereocenters. The Hall–Kier alpha value is -3.34. The molecule has 0 aromatic heterocycles. The summed E-state index contributed by atoms with van der Waals surface area (Å²) in [5.74, 6) is -0.627. The summed E-state index contributed by atoms with van der Waals surface area (Å²) in [7, 11) is -2.91. The number of anilines is 2. The number of ether oxygens (including phenoxy) is 1. The van der Waals surface area contributed by atoms with Crippen molar-refractivity contribution in [3.05, 3.63) is 86.4 Å². The molecule has 0 saturated heterocycles. The van der Waals surface area contributed by atoms with E-state index in [0.29, 0.717) is 0 Å². The van der Waals surface area contributed by atoms with Gasteiger partial charge in [-0.2, -0.15) is 0 Å². The van der Waals surface area contributed by atoms with Crippen molar-refractivity contribution in [3.8, 4) is 5.75 Å². The Kier molecular flexibility index (Phi) is 7.65. The first kappa shape index (κ1) is 25.3. The second kappa shape index (κ2) is 10.3. The zero-order valence-corrected chi connectivity index (χ0v) is 20.3. The summed E-state index contributed by atoms with van der Waals surface area (Å²) in [5.41, 5.74) is 0.572. The van der Waals surface area contributed by atoms with Gasteiger partial charge in [-0.1, -0.05) is 47.0 Å². The Morgan fingerprint density at radius 1 is 1.12 bits per heavy atom. The first-order valence-electron chi connectivity index (χ1n) is 9.70. The van der Waals surface area contributed by atoms with E-state index in [0.717, 1.165) is 15.9 Å². The molecule has 12 heteroatoms. The third-order valence-corrected chi connectivity index (χ3v) is 7.35. The summed E-state index contributed by atoms with van der Waals surface area (Å²) < 4.78 is 33.0. The van der Waals surface area contributed by atoms with Crippen LogP contribution in [0.25, 0.3) is 0 Å². The lowest BCUT2D eigenvalue weighted by atomic mass is 10.2. The van der Waals surface area contributed by atoms with E-state index in [9.17, 15) is 23.3 Å². The zero-order chi connectivity index (χ0) is 25.0. The summed E-state index contributed by atoms with van der Waals surface area (Å²) in [5, 5.41) is 13.6. The van der Waals surface area contributed by atoms with Gasteiger partial charge in [-0.15, -0.1) is 0 Å². The van der Waals surface area contributed by atoms with Gasteiger partial charge < -0.3 is 10.1 Å². The van der Waals surface area contributed by atoms with E-state index in [-0.39, 0.29) is 37.8 Å². The summed E-state index contributed by atoms with van der Waals surface area (Å²) >= 11 is 12.4. The van der Waals surface area contributed by atoms with Crippen LogP contribution in [0.15, 0.2) is 65.6 Å². The molecule has 3 rings (SSSR count). The van der Waals surface area contributed by atoms with Crippen LogP contribution in [-0.4, -0.2) is 32.9 Å². The number of nitrogens with one attached hydrogen (secondary N) is 1. The molecule has 34 heavy (non-hydrogen) atoms. The average molecular weight is 524 g/mol. The van der Waals surface area contributed by atoms with Gasteiger partial charge in [0.25, 0.3) is 15.7 Å². The molecule has 178 valence electrons. The summed E-state index contributed by atoms with van der Waals surface area (Å²) in [4.78, 5) is 23.4. The van der Waals surface area contributed by atoms with E-state index in [1.165, 1.54) is 49.6 Å². The summed E-state index contributed by atoms with van der Waals surface area (Å²) in [6, 6.07) is 14.1. The van der Waals surface area contributed by atoms with Crippen molar-refractivity contribution in [2.45, 2.75) is 11.8 Å². The second-order valence-electron chi connectivity index (χ2n) is 7.09. The Balaban J connectivity index is 2.02. The van der Waals surface area contributed by atoms with Gasteiger partial charge in [-0.25, -0.2) is 8.42 Å². The lowest BCUT2D eigenvalue weighted by Crippen LogP contribution is -2.38. The van der Waals surface area contributed by atoms with Crippen molar-refractivity contribution >= 4 is 56.2 Å². The van der Waals surface area contributed by atoms with Crippen LogP contribution in [0.4, 0.5) is 17.1 Å². The molecule has 0 saturated carbocycles. The van der Waals surface area contributed by atoms with E-state index in [4.69, 9.17) is 27.9 Å². The van der Waals surface area contributed by atoms with Gasteiger partial charge in [0.05, 0.1) is 38.3 Å². The van der Waals surface area contributed by atoms with E-state index in [2.05, 4.69) is 5.32 Å². The molecule has 9 nitrogen and oxygen atoms in total. The molecule has 3 aromatic rings. The normalized spacial score (nSPS) is 11.1. The number of nitro groups is 1. The maximum absolute atomic E-state index is 13.5. The number of hydrogen-bond donors (Lipinski definition) is 1. The van der Waals surface area contributed by atoms with Crippen molar-refractivity contribution in [2.24, 2.45) is 0 Å². The number of halogens is 2. The average Bonchev–Trinajstić information content (AvgIpc) is 2.79.